The largest absolute Gasteiger partial charge is 0.463 e. The van der Waals surface area contributed by atoms with Crippen molar-refractivity contribution in [2.75, 3.05) is 52.9 Å². The van der Waals surface area contributed by atoms with Gasteiger partial charge in [0.15, 0.2) is 0 Å². The fourth-order valence-corrected chi connectivity index (χ4v) is 2.65. The van der Waals surface area contributed by atoms with Crippen LogP contribution >= 0.6 is 0 Å². The van der Waals surface area contributed by atoms with Crippen LogP contribution in [0.2, 0.25) is 0 Å². The van der Waals surface area contributed by atoms with Crippen molar-refractivity contribution in [3.63, 3.8) is 0 Å². The molecule has 0 amide bonds. The van der Waals surface area contributed by atoms with E-state index in [-0.39, 0.29) is 31.1 Å². The summed E-state index contributed by atoms with van der Waals surface area (Å²) in [6.07, 6.45) is 3.83. The molecule has 1 aromatic carbocycles. The van der Waals surface area contributed by atoms with Crippen LogP contribution in [0.25, 0.3) is 0 Å². The smallest absolute Gasteiger partial charge is 0.338 e. The molecule has 1 rings (SSSR count). The number of hydrogen-bond acceptors (Lipinski definition) is 7. The van der Waals surface area contributed by atoms with Gasteiger partial charge >= 0.3 is 11.9 Å². The quantitative estimate of drug-likeness (QED) is 0.263. The number of carbonyl (C=O) groups is 2. The van der Waals surface area contributed by atoms with E-state index in [2.05, 4.69) is 6.92 Å². The van der Waals surface area contributed by atoms with Crippen LogP contribution in [0.3, 0.4) is 0 Å². The predicted octanol–water partition coefficient (Wildman–Crippen LogP) is 3.65. The third-order valence-corrected chi connectivity index (χ3v) is 4.42. The van der Waals surface area contributed by atoms with E-state index in [0.717, 1.165) is 25.7 Å². The highest BCUT2D eigenvalue weighted by Gasteiger charge is 2.16. The summed E-state index contributed by atoms with van der Waals surface area (Å²) in [5.74, 6) is -0.489. The molecular weight excluding hydrogens is 388 g/mol. The van der Waals surface area contributed by atoms with Gasteiger partial charge in [-0.25, -0.2) is 4.79 Å². The normalized spacial score (nSPS) is 11.8. The van der Waals surface area contributed by atoms with Crippen LogP contribution < -0.4 is 0 Å². The lowest BCUT2D eigenvalue weighted by molar-refractivity contribution is -0.150. The molecule has 0 saturated carbocycles. The molecule has 0 aromatic heterocycles. The highest BCUT2D eigenvalue weighted by molar-refractivity contribution is 5.89. The molecule has 1 unspecified atom stereocenters. The van der Waals surface area contributed by atoms with E-state index in [1.54, 1.807) is 24.3 Å². The molecule has 0 heterocycles. The number of carbonyl (C=O) groups excluding carboxylic acids is 2. The van der Waals surface area contributed by atoms with Crippen LogP contribution in [0, 0.1) is 5.92 Å². The van der Waals surface area contributed by atoms with Crippen LogP contribution in [0.15, 0.2) is 30.3 Å². The number of unbranched alkanes of at least 4 members (excludes halogenated alkanes) is 1. The standard InChI is InChI=1S/C23H36O7/c1-3-5-9-20(4-2)22(24)29-18-16-27-14-12-26-13-15-28-17-19-30-23(25)21-10-7-6-8-11-21/h6-8,10-11,20H,3-5,9,12-19H2,1-2H3. The molecule has 30 heavy (non-hydrogen) atoms. The average Bonchev–Trinajstić information content (AvgIpc) is 2.77. The van der Waals surface area contributed by atoms with Crippen molar-refractivity contribution in [1.29, 1.82) is 0 Å². The fourth-order valence-electron chi connectivity index (χ4n) is 2.65. The van der Waals surface area contributed by atoms with Crippen LogP contribution in [-0.2, 0) is 28.5 Å². The molecule has 1 atom stereocenters. The van der Waals surface area contributed by atoms with Crippen LogP contribution in [0.1, 0.15) is 49.9 Å². The summed E-state index contributed by atoms with van der Waals surface area (Å²) in [5, 5.41) is 0. The molecule has 7 heteroatoms. The van der Waals surface area contributed by atoms with Gasteiger partial charge in [0.25, 0.3) is 0 Å². The average molecular weight is 425 g/mol. The lowest BCUT2D eigenvalue weighted by atomic mass is 10.00. The summed E-state index contributed by atoms with van der Waals surface area (Å²) in [6.45, 7) is 6.99. The van der Waals surface area contributed by atoms with Gasteiger partial charge in [0.2, 0.25) is 0 Å². The zero-order valence-electron chi connectivity index (χ0n) is 18.3. The Morgan fingerprint density at radius 2 is 1.30 bits per heavy atom. The molecule has 0 bridgehead atoms. The van der Waals surface area contributed by atoms with Gasteiger partial charge in [0.05, 0.1) is 51.1 Å². The topological polar surface area (TPSA) is 80.3 Å². The Hall–Kier alpha value is -1.96. The first kappa shape index (κ1) is 26.1. The first-order chi connectivity index (χ1) is 14.7. The number of rotatable bonds is 18. The number of benzene rings is 1. The van der Waals surface area contributed by atoms with Gasteiger partial charge in [0, 0.05) is 0 Å². The van der Waals surface area contributed by atoms with Crippen molar-refractivity contribution < 1.29 is 33.3 Å². The molecule has 1 aromatic rings. The van der Waals surface area contributed by atoms with E-state index in [1.807, 2.05) is 13.0 Å². The zero-order chi connectivity index (χ0) is 21.9. The van der Waals surface area contributed by atoms with Crippen molar-refractivity contribution in [3.05, 3.63) is 35.9 Å². The number of esters is 2. The molecule has 0 aliphatic rings. The van der Waals surface area contributed by atoms with Gasteiger partial charge in [-0.15, -0.1) is 0 Å². The molecule has 170 valence electrons. The van der Waals surface area contributed by atoms with Crippen molar-refractivity contribution >= 4 is 11.9 Å². The van der Waals surface area contributed by atoms with Crippen molar-refractivity contribution in [3.8, 4) is 0 Å². The SMILES string of the molecule is CCCCC(CC)C(=O)OCCOCCOCCOCCOC(=O)c1ccccc1. The summed E-state index contributed by atoms with van der Waals surface area (Å²) >= 11 is 0. The molecule has 0 radical (unpaired) electrons. The van der Waals surface area contributed by atoms with Crippen molar-refractivity contribution in [1.82, 2.24) is 0 Å². The second-order valence-electron chi connectivity index (χ2n) is 6.75. The van der Waals surface area contributed by atoms with Crippen LogP contribution in [0.5, 0.6) is 0 Å². The first-order valence-corrected chi connectivity index (χ1v) is 10.8. The van der Waals surface area contributed by atoms with Gasteiger partial charge < -0.3 is 23.7 Å². The molecule has 7 nitrogen and oxygen atoms in total. The molecule has 0 N–H and O–H groups in total. The summed E-state index contributed by atoms with van der Waals surface area (Å²) in [5.41, 5.74) is 0.525. The van der Waals surface area contributed by atoms with E-state index in [1.165, 1.54) is 0 Å². The Labute approximate surface area is 180 Å². The number of ether oxygens (including phenoxy) is 5. The lowest BCUT2D eigenvalue weighted by Gasteiger charge is -2.13. The molecule has 0 saturated heterocycles. The fraction of sp³-hybridized carbons (Fsp3) is 0.652. The molecule has 0 aliphatic heterocycles. The maximum atomic E-state index is 11.9. The third-order valence-electron chi connectivity index (χ3n) is 4.42. The van der Waals surface area contributed by atoms with E-state index >= 15 is 0 Å². The van der Waals surface area contributed by atoms with Gasteiger partial charge in [-0.2, -0.15) is 0 Å². The molecule has 0 aliphatic carbocycles. The maximum Gasteiger partial charge on any atom is 0.338 e. The van der Waals surface area contributed by atoms with E-state index < -0.39 is 0 Å². The minimum absolute atomic E-state index is 0.00450. The Morgan fingerprint density at radius 1 is 0.767 bits per heavy atom. The zero-order valence-corrected chi connectivity index (χ0v) is 18.3. The molecule has 0 fully saturated rings. The molecular formula is C23H36O7. The predicted molar refractivity (Wildman–Crippen MR) is 113 cm³/mol. The van der Waals surface area contributed by atoms with Gasteiger partial charge in [-0.05, 0) is 25.0 Å². The van der Waals surface area contributed by atoms with Gasteiger partial charge in [0.1, 0.15) is 13.2 Å². The Kier molecular flexibility index (Phi) is 15.5. The Morgan fingerprint density at radius 3 is 1.83 bits per heavy atom. The van der Waals surface area contributed by atoms with E-state index in [9.17, 15) is 9.59 Å². The summed E-state index contributed by atoms with van der Waals surface area (Å²) in [7, 11) is 0. The van der Waals surface area contributed by atoms with Gasteiger partial charge in [-0.1, -0.05) is 44.9 Å². The van der Waals surface area contributed by atoms with Gasteiger partial charge in [-0.3, -0.25) is 4.79 Å². The van der Waals surface area contributed by atoms with Crippen LogP contribution in [0.4, 0.5) is 0 Å². The minimum atomic E-state index is -0.357. The number of hydrogen-bond donors (Lipinski definition) is 0. The third kappa shape index (κ3) is 12.6. The van der Waals surface area contributed by atoms with Crippen LogP contribution in [-0.4, -0.2) is 64.8 Å². The summed E-state index contributed by atoms with van der Waals surface area (Å²) < 4.78 is 26.5. The van der Waals surface area contributed by atoms with Crippen molar-refractivity contribution in [2.45, 2.75) is 39.5 Å². The highest BCUT2D eigenvalue weighted by atomic mass is 16.6. The van der Waals surface area contributed by atoms with E-state index in [4.69, 9.17) is 23.7 Å². The maximum absolute atomic E-state index is 11.9. The summed E-state index contributed by atoms with van der Waals surface area (Å²) in [6, 6.07) is 8.84. The second kappa shape index (κ2) is 17.9. The Balaban J connectivity index is 1.86. The van der Waals surface area contributed by atoms with Crippen molar-refractivity contribution in [2.24, 2.45) is 5.92 Å². The summed E-state index contributed by atoms with van der Waals surface area (Å²) in [4.78, 5) is 23.6. The lowest BCUT2D eigenvalue weighted by Crippen LogP contribution is -2.20. The first-order valence-electron chi connectivity index (χ1n) is 10.8. The van der Waals surface area contributed by atoms with E-state index in [0.29, 0.717) is 45.2 Å². The monoisotopic (exact) mass is 424 g/mol. The highest BCUT2D eigenvalue weighted by Crippen LogP contribution is 2.14. The minimum Gasteiger partial charge on any atom is -0.463 e. The Bertz CT molecular complexity index is 562. The second-order valence-corrected chi connectivity index (χ2v) is 6.75. The molecule has 0 spiro atoms.